The summed E-state index contributed by atoms with van der Waals surface area (Å²) in [7, 11) is 3.00. The molecule has 2 aromatic carbocycles. The van der Waals surface area contributed by atoms with Crippen LogP contribution in [0.5, 0.6) is 11.5 Å². The van der Waals surface area contributed by atoms with Crippen molar-refractivity contribution in [1.29, 1.82) is 0 Å². The van der Waals surface area contributed by atoms with Crippen LogP contribution in [-0.4, -0.2) is 48.9 Å². The van der Waals surface area contributed by atoms with Gasteiger partial charge in [-0.15, -0.1) is 0 Å². The van der Waals surface area contributed by atoms with E-state index in [2.05, 4.69) is 0 Å². The molecule has 2 aromatic rings. The van der Waals surface area contributed by atoms with E-state index in [-0.39, 0.29) is 0 Å². The van der Waals surface area contributed by atoms with Crippen LogP contribution < -0.4 is 9.47 Å². The molecule has 0 bridgehead atoms. The topological polar surface area (TPSA) is 101 Å². The molecule has 1 fully saturated rings. The molecule has 0 N–H and O–H groups in total. The number of ether oxygens (including phenoxy) is 5. The van der Waals surface area contributed by atoms with E-state index in [0.29, 0.717) is 22.6 Å². The molecule has 37 heavy (non-hydrogen) atoms. The maximum atomic E-state index is 13.6. The summed E-state index contributed by atoms with van der Waals surface area (Å²) < 4.78 is 28.1. The van der Waals surface area contributed by atoms with Crippen molar-refractivity contribution in [2.45, 2.75) is 65.5 Å². The Balaban J connectivity index is 2.16. The molecule has 1 saturated heterocycles. The fraction of sp³-hybridized carbons (Fsp3) is 0.464. The minimum atomic E-state index is -1.32. The second-order valence-electron chi connectivity index (χ2n) is 10.7. The number of methoxy groups -OCH3 is 2. The third-order valence-electron chi connectivity index (χ3n) is 5.60. The number of carbonyl (C=O) groups is 3. The predicted octanol–water partition coefficient (Wildman–Crippen LogP) is 5.20. The Hall–Kier alpha value is -3.59. The Labute approximate surface area is 217 Å². The van der Waals surface area contributed by atoms with E-state index in [0.717, 1.165) is 0 Å². The van der Waals surface area contributed by atoms with E-state index in [4.69, 9.17) is 23.7 Å². The monoisotopic (exact) mass is 513 g/mol. The van der Waals surface area contributed by atoms with Gasteiger partial charge in [0.25, 0.3) is 0 Å². The Morgan fingerprint density at radius 1 is 0.892 bits per heavy atom. The lowest BCUT2D eigenvalue weighted by Crippen LogP contribution is -2.41. The Morgan fingerprint density at radius 3 is 2.08 bits per heavy atom. The molecule has 1 heterocycles. The van der Waals surface area contributed by atoms with E-state index in [1.165, 1.54) is 19.1 Å². The van der Waals surface area contributed by atoms with Crippen molar-refractivity contribution in [3.63, 3.8) is 0 Å². The Kier molecular flexibility index (Phi) is 8.17. The van der Waals surface area contributed by atoms with Crippen LogP contribution in [0.15, 0.2) is 48.5 Å². The van der Waals surface area contributed by atoms with Crippen molar-refractivity contribution >= 4 is 18.0 Å². The van der Waals surface area contributed by atoms with Gasteiger partial charge >= 0.3 is 18.0 Å². The molecule has 3 rings (SSSR count). The summed E-state index contributed by atoms with van der Waals surface area (Å²) in [6.07, 6.45) is -3.12. The molecule has 1 unspecified atom stereocenters. The molecular formula is C28H35NO8. The predicted molar refractivity (Wildman–Crippen MR) is 135 cm³/mol. The van der Waals surface area contributed by atoms with Gasteiger partial charge in [-0.1, -0.05) is 30.3 Å². The highest BCUT2D eigenvalue weighted by molar-refractivity contribution is 5.91. The van der Waals surface area contributed by atoms with Crippen molar-refractivity contribution in [3.05, 3.63) is 59.7 Å². The summed E-state index contributed by atoms with van der Waals surface area (Å²) in [5, 5.41) is 0. The van der Waals surface area contributed by atoms with Crippen molar-refractivity contribution in [1.82, 2.24) is 4.90 Å². The van der Waals surface area contributed by atoms with Gasteiger partial charge in [0.1, 0.15) is 23.1 Å². The van der Waals surface area contributed by atoms with Gasteiger partial charge in [-0.25, -0.2) is 9.59 Å². The first-order valence-electron chi connectivity index (χ1n) is 12.0. The number of amides is 1. The molecule has 1 amide bonds. The van der Waals surface area contributed by atoms with Gasteiger partial charge < -0.3 is 23.7 Å². The van der Waals surface area contributed by atoms with Crippen molar-refractivity contribution in [3.8, 4) is 11.5 Å². The normalized spacial score (nSPS) is 19.8. The molecule has 1 aliphatic heterocycles. The van der Waals surface area contributed by atoms with E-state index < -0.39 is 47.4 Å². The number of esters is 2. The highest BCUT2D eigenvalue weighted by atomic mass is 16.6. The fourth-order valence-electron chi connectivity index (χ4n) is 3.81. The minimum absolute atomic E-state index is 0.379. The molecule has 0 spiro atoms. The lowest BCUT2D eigenvalue weighted by Gasteiger charge is -2.32. The molecule has 1 aliphatic rings. The Morgan fingerprint density at radius 2 is 1.54 bits per heavy atom. The standard InChI is InChI=1S/C28H35NO8/c1-27(2,3)25(31)36-24(30)22-21(17-12-10-9-11-13-17)29(26(32)37-28(4,5)6)23(35-22)19-15-14-18(33-7)16-20(19)34-8/h9-16,21-23H,1-8H3/t21-,22+,23?/m0/s1. The van der Waals surface area contributed by atoms with Crippen molar-refractivity contribution in [2.75, 3.05) is 14.2 Å². The van der Waals surface area contributed by atoms with Crippen LogP contribution in [-0.2, 0) is 23.8 Å². The second-order valence-corrected chi connectivity index (χ2v) is 10.7. The fourth-order valence-corrected chi connectivity index (χ4v) is 3.81. The van der Waals surface area contributed by atoms with Crippen LogP contribution in [0.3, 0.4) is 0 Å². The molecular weight excluding hydrogens is 478 g/mol. The van der Waals surface area contributed by atoms with Crippen molar-refractivity contribution in [2.24, 2.45) is 5.41 Å². The van der Waals surface area contributed by atoms with Crippen LogP contribution in [0.25, 0.3) is 0 Å². The summed E-state index contributed by atoms with van der Waals surface area (Å²) in [6.45, 7) is 10.2. The van der Waals surface area contributed by atoms with Gasteiger partial charge in [0, 0.05) is 11.6 Å². The number of nitrogens with zero attached hydrogens (tertiary/aromatic N) is 1. The maximum Gasteiger partial charge on any atom is 0.413 e. The maximum absolute atomic E-state index is 13.6. The van der Waals surface area contributed by atoms with E-state index in [1.54, 1.807) is 84.0 Å². The third-order valence-corrected chi connectivity index (χ3v) is 5.60. The van der Waals surface area contributed by atoms with Gasteiger partial charge in [-0.05, 0) is 59.2 Å². The molecule has 200 valence electrons. The second kappa shape index (κ2) is 10.8. The van der Waals surface area contributed by atoms with Gasteiger partial charge in [-0.2, -0.15) is 0 Å². The van der Waals surface area contributed by atoms with Crippen LogP contribution in [0.4, 0.5) is 4.79 Å². The zero-order valence-corrected chi connectivity index (χ0v) is 22.6. The summed E-state index contributed by atoms with van der Waals surface area (Å²) in [5.74, 6) is -0.696. The summed E-state index contributed by atoms with van der Waals surface area (Å²) in [4.78, 5) is 40.9. The first kappa shape index (κ1) is 28.0. The molecule has 0 radical (unpaired) electrons. The largest absolute Gasteiger partial charge is 0.497 e. The lowest BCUT2D eigenvalue weighted by atomic mass is 9.97. The summed E-state index contributed by atoms with van der Waals surface area (Å²) >= 11 is 0. The van der Waals surface area contributed by atoms with Crippen LogP contribution in [0.2, 0.25) is 0 Å². The average molecular weight is 514 g/mol. The Bertz CT molecular complexity index is 1130. The lowest BCUT2D eigenvalue weighted by molar-refractivity contribution is -0.173. The van der Waals surface area contributed by atoms with Gasteiger partial charge in [0.2, 0.25) is 0 Å². The number of carbonyl (C=O) groups excluding carboxylic acids is 3. The zero-order valence-electron chi connectivity index (χ0n) is 22.6. The molecule has 9 heteroatoms. The minimum Gasteiger partial charge on any atom is -0.497 e. The van der Waals surface area contributed by atoms with Gasteiger partial charge in [0.05, 0.1) is 19.6 Å². The van der Waals surface area contributed by atoms with Crippen LogP contribution >= 0.6 is 0 Å². The number of hydrogen-bond donors (Lipinski definition) is 0. The van der Waals surface area contributed by atoms with E-state index >= 15 is 0 Å². The van der Waals surface area contributed by atoms with Crippen LogP contribution in [0.1, 0.15) is 64.9 Å². The SMILES string of the molecule is COc1ccc(C2O[C@@H](C(=O)OC(=O)C(C)(C)C)[C@H](c3ccccc3)N2C(=O)OC(C)(C)C)c(OC)c1. The number of benzene rings is 2. The number of rotatable bonds is 5. The summed E-state index contributed by atoms with van der Waals surface area (Å²) in [5.41, 5.74) is -0.672. The smallest absolute Gasteiger partial charge is 0.413 e. The van der Waals surface area contributed by atoms with Gasteiger partial charge in [0.15, 0.2) is 12.3 Å². The van der Waals surface area contributed by atoms with Gasteiger partial charge in [-0.3, -0.25) is 9.69 Å². The zero-order chi connectivity index (χ0) is 27.5. The average Bonchev–Trinajstić information content (AvgIpc) is 3.23. The molecule has 3 atom stereocenters. The van der Waals surface area contributed by atoms with Crippen LogP contribution in [0, 0.1) is 5.41 Å². The molecule has 0 saturated carbocycles. The third kappa shape index (κ3) is 6.40. The quantitative estimate of drug-likeness (QED) is 0.398. The van der Waals surface area contributed by atoms with E-state index in [9.17, 15) is 14.4 Å². The first-order chi connectivity index (χ1) is 17.3. The number of hydrogen-bond acceptors (Lipinski definition) is 8. The first-order valence-corrected chi connectivity index (χ1v) is 12.0. The molecule has 0 aromatic heterocycles. The summed E-state index contributed by atoms with van der Waals surface area (Å²) in [6, 6.07) is 13.0. The highest BCUT2D eigenvalue weighted by Crippen LogP contribution is 2.47. The van der Waals surface area contributed by atoms with Crippen molar-refractivity contribution < 1.29 is 38.1 Å². The molecule has 0 aliphatic carbocycles. The van der Waals surface area contributed by atoms with E-state index in [1.807, 2.05) is 6.07 Å². The highest BCUT2D eigenvalue weighted by Gasteiger charge is 2.53. The molecule has 9 nitrogen and oxygen atoms in total.